The lowest BCUT2D eigenvalue weighted by atomic mass is 10.2. The molecular weight excluding hydrogens is 309 g/mol. The van der Waals surface area contributed by atoms with Crippen molar-refractivity contribution >= 4 is 11.8 Å². The van der Waals surface area contributed by atoms with Gasteiger partial charge in [-0.3, -0.25) is 9.59 Å². The smallest absolute Gasteiger partial charge is 0.272 e. The van der Waals surface area contributed by atoms with Crippen LogP contribution >= 0.6 is 0 Å². The van der Waals surface area contributed by atoms with Crippen LogP contribution in [0.3, 0.4) is 0 Å². The van der Waals surface area contributed by atoms with Crippen molar-refractivity contribution < 1.29 is 14.0 Å². The molecule has 2 amide bonds. The molecule has 0 bridgehead atoms. The number of nitrogens with zero attached hydrogens (tertiary/aromatic N) is 2. The average molecular weight is 329 g/mol. The Morgan fingerprint density at radius 1 is 1.04 bits per heavy atom. The molecule has 6 heteroatoms. The summed E-state index contributed by atoms with van der Waals surface area (Å²) in [4.78, 5) is 30.3. The van der Waals surface area contributed by atoms with Crippen molar-refractivity contribution in [3.8, 4) is 0 Å². The predicted molar refractivity (Wildman–Crippen MR) is 89.1 cm³/mol. The number of hydrogen-bond acceptors (Lipinski definition) is 3. The summed E-state index contributed by atoms with van der Waals surface area (Å²) in [5.41, 5.74) is 1.20. The highest BCUT2D eigenvalue weighted by atomic mass is 19.1. The van der Waals surface area contributed by atoms with Crippen molar-refractivity contribution in [3.63, 3.8) is 0 Å². The topological polar surface area (TPSA) is 62.3 Å². The molecule has 0 aliphatic rings. The molecule has 1 N–H and O–H groups in total. The molecule has 24 heavy (non-hydrogen) atoms. The minimum atomic E-state index is -0.381. The summed E-state index contributed by atoms with van der Waals surface area (Å²) in [6, 6.07) is 10.7. The first kappa shape index (κ1) is 17.6. The Morgan fingerprint density at radius 3 is 2.29 bits per heavy atom. The number of aromatic nitrogens is 1. The van der Waals surface area contributed by atoms with Crippen LogP contribution in [0.1, 0.15) is 40.4 Å². The number of nitrogens with one attached hydrogen (secondary N) is 1. The number of hydrogen-bond donors (Lipinski definition) is 1. The minimum absolute atomic E-state index is 0.176. The molecule has 2 rings (SSSR count). The molecule has 1 aromatic carbocycles. The van der Waals surface area contributed by atoms with Gasteiger partial charge in [0, 0.05) is 19.6 Å². The van der Waals surface area contributed by atoms with E-state index in [-0.39, 0.29) is 35.6 Å². The van der Waals surface area contributed by atoms with Crippen LogP contribution in [-0.4, -0.2) is 34.8 Å². The maximum Gasteiger partial charge on any atom is 0.272 e. The van der Waals surface area contributed by atoms with E-state index in [0.29, 0.717) is 13.1 Å². The summed E-state index contributed by atoms with van der Waals surface area (Å²) >= 11 is 0. The standard InChI is InChI=1S/C18H20FN3O2/c1-3-22(4-2)18(24)16-7-5-6-15(21-16)17(23)20-12-13-8-10-14(19)11-9-13/h5-11H,3-4,12H2,1-2H3,(H,20,23). The number of benzene rings is 1. The van der Waals surface area contributed by atoms with Crippen molar-refractivity contribution in [2.45, 2.75) is 20.4 Å². The van der Waals surface area contributed by atoms with Crippen LogP contribution in [0, 0.1) is 5.82 Å². The van der Waals surface area contributed by atoms with E-state index in [4.69, 9.17) is 0 Å². The summed E-state index contributed by atoms with van der Waals surface area (Å²) < 4.78 is 12.9. The number of amides is 2. The minimum Gasteiger partial charge on any atom is -0.347 e. The molecule has 5 nitrogen and oxygen atoms in total. The molecule has 0 radical (unpaired) electrons. The third kappa shape index (κ3) is 4.38. The zero-order valence-corrected chi connectivity index (χ0v) is 13.8. The number of carbonyl (C=O) groups excluding carboxylic acids is 2. The molecule has 0 aliphatic heterocycles. The van der Waals surface area contributed by atoms with Gasteiger partial charge in [-0.2, -0.15) is 0 Å². The van der Waals surface area contributed by atoms with Gasteiger partial charge in [-0.15, -0.1) is 0 Å². The Kier molecular flexibility index (Phi) is 6.01. The lowest BCUT2D eigenvalue weighted by molar-refractivity contribution is 0.0767. The lowest BCUT2D eigenvalue weighted by Gasteiger charge is -2.18. The van der Waals surface area contributed by atoms with E-state index in [1.54, 1.807) is 35.2 Å². The van der Waals surface area contributed by atoms with Gasteiger partial charge in [-0.25, -0.2) is 9.37 Å². The van der Waals surface area contributed by atoms with Gasteiger partial charge >= 0.3 is 0 Å². The van der Waals surface area contributed by atoms with E-state index in [1.807, 2.05) is 13.8 Å². The Bertz CT molecular complexity index is 712. The number of halogens is 1. The van der Waals surface area contributed by atoms with Crippen molar-refractivity contribution in [2.75, 3.05) is 13.1 Å². The summed E-state index contributed by atoms with van der Waals surface area (Å²) in [6.07, 6.45) is 0. The highest BCUT2D eigenvalue weighted by Crippen LogP contribution is 2.06. The van der Waals surface area contributed by atoms with E-state index < -0.39 is 0 Å². The third-order valence-electron chi connectivity index (χ3n) is 3.62. The monoisotopic (exact) mass is 329 g/mol. The summed E-state index contributed by atoms with van der Waals surface area (Å²) in [5.74, 6) is -0.906. The van der Waals surface area contributed by atoms with Gasteiger partial charge in [-0.1, -0.05) is 18.2 Å². The molecule has 0 saturated carbocycles. The van der Waals surface area contributed by atoms with Gasteiger partial charge in [-0.05, 0) is 43.7 Å². The van der Waals surface area contributed by atoms with Crippen LogP contribution in [-0.2, 0) is 6.54 Å². The SMILES string of the molecule is CCN(CC)C(=O)c1cccc(C(=O)NCc2ccc(F)cc2)n1. The molecule has 0 fully saturated rings. The highest BCUT2D eigenvalue weighted by Gasteiger charge is 2.16. The van der Waals surface area contributed by atoms with Gasteiger partial charge in [0.25, 0.3) is 11.8 Å². The van der Waals surface area contributed by atoms with Crippen LogP contribution in [0.4, 0.5) is 4.39 Å². The summed E-state index contributed by atoms with van der Waals surface area (Å²) in [5, 5.41) is 2.71. The molecular formula is C18H20FN3O2. The number of pyridine rings is 1. The van der Waals surface area contributed by atoms with Gasteiger partial charge < -0.3 is 10.2 Å². The Balaban J connectivity index is 2.05. The quantitative estimate of drug-likeness (QED) is 0.886. The number of carbonyl (C=O) groups is 2. The second kappa shape index (κ2) is 8.19. The lowest BCUT2D eigenvalue weighted by Crippen LogP contribution is -2.32. The molecule has 0 saturated heterocycles. The van der Waals surface area contributed by atoms with Crippen LogP contribution in [0.15, 0.2) is 42.5 Å². The third-order valence-corrected chi connectivity index (χ3v) is 3.62. The average Bonchev–Trinajstić information content (AvgIpc) is 2.62. The predicted octanol–water partition coefficient (Wildman–Crippen LogP) is 2.63. The molecule has 1 heterocycles. The van der Waals surface area contributed by atoms with Gasteiger partial charge in [0.2, 0.25) is 0 Å². The first-order valence-electron chi connectivity index (χ1n) is 7.84. The molecule has 1 aromatic heterocycles. The van der Waals surface area contributed by atoms with Crippen molar-refractivity contribution in [1.29, 1.82) is 0 Å². The van der Waals surface area contributed by atoms with Crippen LogP contribution in [0.2, 0.25) is 0 Å². The zero-order valence-electron chi connectivity index (χ0n) is 13.8. The second-order valence-corrected chi connectivity index (χ2v) is 5.19. The van der Waals surface area contributed by atoms with Crippen molar-refractivity contribution in [2.24, 2.45) is 0 Å². The van der Waals surface area contributed by atoms with Crippen LogP contribution in [0.25, 0.3) is 0 Å². The van der Waals surface area contributed by atoms with Gasteiger partial charge in [0.05, 0.1) is 0 Å². The second-order valence-electron chi connectivity index (χ2n) is 5.19. The maximum atomic E-state index is 12.9. The Labute approximate surface area is 140 Å². The molecule has 126 valence electrons. The van der Waals surface area contributed by atoms with Gasteiger partial charge in [0.15, 0.2) is 0 Å². The first-order valence-corrected chi connectivity index (χ1v) is 7.84. The van der Waals surface area contributed by atoms with E-state index in [9.17, 15) is 14.0 Å². The molecule has 0 atom stereocenters. The van der Waals surface area contributed by atoms with Crippen molar-refractivity contribution in [3.05, 3.63) is 65.2 Å². The fourth-order valence-electron chi connectivity index (χ4n) is 2.23. The van der Waals surface area contributed by atoms with E-state index in [1.165, 1.54) is 12.1 Å². The zero-order chi connectivity index (χ0) is 17.5. The molecule has 0 aliphatic carbocycles. The molecule has 0 unspecified atom stereocenters. The van der Waals surface area contributed by atoms with E-state index in [2.05, 4.69) is 10.3 Å². The Morgan fingerprint density at radius 2 is 1.67 bits per heavy atom. The summed E-state index contributed by atoms with van der Waals surface area (Å²) in [6.45, 7) is 5.20. The largest absolute Gasteiger partial charge is 0.347 e. The fourth-order valence-corrected chi connectivity index (χ4v) is 2.23. The number of rotatable bonds is 6. The van der Waals surface area contributed by atoms with Crippen LogP contribution in [0.5, 0.6) is 0 Å². The molecule has 2 aromatic rings. The van der Waals surface area contributed by atoms with Crippen LogP contribution < -0.4 is 5.32 Å². The van der Waals surface area contributed by atoms with E-state index in [0.717, 1.165) is 5.56 Å². The van der Waals surface area contributed by atoms with Crippen molar-refractivity contribution in [1.82, 2.24) is 15.2 Å². The van der Waals surface area contributed by atoms with Gasteiger partial charge in [0.1, 0.15) is 17.2 Å². The fraction of sp³-hybridized carbons (Fsp3) is 0.278. The van der Waals surface area contributed by atoms with E-state index >= 15 is 0 Å². The Hall–Kier alpha value is -2.76. The highest BCUT2D eigenvalue weighted by molar-refractivity contribution is 5.96. The first-order chi connectivity index (χ1) is 11.5. The molecule has 0 spiro atoms. The normalized spacial score (nSPS) is 10.3. The summed E-state index contributed by atoms with van der Waals surface area (Å²) in [7, 11) is 0. The maximum absolute atomic E-state index is 12.9.